The highest BCUT2D eigenvalue weighted by Gasteiger charge is 2.31. The van der Waals surface area contributed by atoms with E-state index in [0.717, 1.165) is 0 Å². The molecule has 30 heavy (non-hydrogen) atoms. The van der Waals surface area contributed by atoms with E-state index in [4.69, 9.17) is 15.9 Å². The first-order valence-corrected chi connectivity index (χ1v) is 9.37. The van der Waals surface area contributed by atoms with Gasteiger partial charge in [-0.3, -0.25) is 19.2 Å². The predicted octanol–water partition coefficient (Wildman–Crippen LogP) is -2.76. The lowest BCUT2D eigenvalue weighted by Gasteiger charge is -2.23. The highest BCUT2D eigenvalue weighted by molar-refractivity contribution is 7.80. The van der Waals surface area contributed by atoms with Crippen molar-refractivity contribution in [1.82, 2.24) is 25.9 Å². The zero-order valence-electron chi connectivity index (χ0n) is 16.0. The number of aromatic amines is 1. The second-order valence-electron chi connectivity index (χ2n) is 6.37. The molecule has 0 bridgehead atoms. The molecular formula is C16H24N6O7S. The van der Waals surface area contributed by atoms with Crippen molar-refractivity contribution in [2.45, 2.75) is 43.9 Å². The van der Waals surface area contributed by atoms with Crippen LogP contribution in [0.2, 0.25) is 0 Å². The third kappa shape index (κ3) is 8.08. The van der Waals surface area contributed by atoms with E-state index in [9.17, 15) is 24.0 Å². The zero-order chi connectivity index (χ0) is 22.8. The summed E-state index contributed by atoms with van der Waals surface area (Å²) in [5.74, 6) is -5.56. The van der Waals surface area contributed by atoms with Crippen LogP contribution in [0.3, 0.4) is 0 Å². The van der Waals surface area contributed by atoms with Crippen molar-refractivity contribution >= 4 is 42.3 Å². The van der Waals surface area contributed by atoms with Crippen LogP contribution in [-0.2, 0) is 30.4 Å². The summed E-state index contributed by atoms with van der Waals surface area (Å²) in [6.07, 6.45) is 1.93. The molecule has 1 aromatic rings. The van der Waals surface area contributed by atoms with Gasteiger partial charge < -0.3 is 36.9 Å². The van der Waals surface area contributed by atoms with Gasteiger partial charge in [-0.2, -0.15) is 12.6 Å². The molecular weight excluding hydrogens is 420 g/mol. The number of hydrogen-bond donors (Lipinski definition) is 8. The van der Waals surface area contributed by atoms with Gasteiger partial charge in [-0.05, 0) is 6.92 Å². The summed E-state index contributed by atoms with van der Waals surface area (Å²) in [4.78, 5) is 65.8. The van der Waals surface area contributed by atoms with E-state index >= 15 is 0 Å². The van der Waals surface area contributed by atoms with Crippen molar-refractivity contribution < 1.29 is 34.2 Å². The number of nitrogens with zero attached hydrogens (tertiary/aromatic N) is 1. The normalized spacial score (nSPS) is 14.6. The number of carboxylic acids is 2. The summed E-state index contributed by atoms with van der Waals surface area (Å²) in [5.41, 5.74) is 5.99. The summed E-state index contributed by atoms with van der Waals surface area (Å²) in [5, 5.41) is 24.8. The number of carbonyl (C=O) groups excluding carboxylic acids is 3. The number of thiol groups is 1. The Morgan fingerprint density at radius 1 is 1.07 bits per heavy atom. The van der Waals surface area contributed by atoms with E-state index < -0.39 is 60.2 Å². The maximum atomic E-state index is 12.7. The van der Waals surface area contributed by atoms with Gasteiger partial charge in [0, 0.05) is 24.1 Å². The number of aliphatic carboxylic acids is 2. The number of aromatic nitrogens is 2. The molecule has 1 rings (SSSR count). The van der Waals surface area contributed by atoms with Crippen LogP contribution < -0.4 is 21.7 Å². The fourth-order valence-electron chi connectivity index (χ4n) is 2.24. The van der Waals surface area contributed by atoms with Crippen LogP contribution >= 0.6 is 12.6 Å². The molecule has 8 N–H and O–H groups in total. The molecule has 0 saturated carbocycles. The highest BCUT2D eigenvalue weighted by atomic mass is 32.1. The van der Waals surface area contributed by atoms with Crippen LogP contribution in [0.4, 0.5) is 0 Å². The number of carbonyl (C=O) groups is 5. The minimum Gasteiger partial charge on any atom is -0.481 e. The third-order valence-electron chi connectivity index (χ3n) is 3.83. The number of H-pyrrole nitrogens is 1. The van der Waals surface area contributed by atoms with Crippen LogP contribution in [0.15, 0.2) is 12.5 Å². The number of nitrogens with one attached hydrogen (secondary N) is 4. The monoisotopic (exact) mass is 444 g/mol. The van der Waals surface area contributed by atoms with E-state index in [1.165, 1.54) is 19.4 Å². The Kier molecular flexibility index (Phi) is 9.77. The van der Waals surface area contributed by atoms with Gasteiger partial charge in [-0.25, -0.2) is 9.78 Å². The summed E-state index contributed by atoms with van der Waals surface area (Å²) < 4.78 is 0. The van der Waals surface area contributed by atoms with Crippen LogP contribution in [0, 0.1) is 0 Å². The van der Waals surface area contributed by atoms with E-state index in [0.29, 0.717) is 5.69 Å². The van der Waals surface area contributed by atoms with Crippen molar-refractivity contribution in [1.29, 1.82) is 0 Å². The average molecular weight is 444 g/mol. The van der Waals surface area contributed by atoms with E-state index in [2.05, 4.69) is 38.5 Å². The molecule has 0 spiro atoms. The minimum absolute atomic E-state index is 0.0416. The van der Waals surface area contributed by atoms with E-state index in [1.807, 2.05) is 0 Å². The van der Waals surface area contributed by atoms with Gasteiger partial charge in [0.1, 0.15) is 18.1 Å². The third-order valence-corrected chi connectivity index (χ3v) is 4.20. The highest BCUT2D eigenvalue weighted by Crippen LogP contribution is 2.03. The molecule has 0 aliphatic heterocycles. The Bertz CT molecular complexity index is 770. The van der Waals surface area contributed by atoms with Crippen molar-refractivity contribution in [3.8, 4) is 0 Å². The molecule has 1 aromatic heterocycles. The largest absolute Gasteiger partial charge is 0.481 e. The number of rotatable bonds is 12. The summed E-state index contributed by atoms with van der Waals surface area (Å²) in [6, 6.07) is -5.10. The van der Waals surface area contributed by atoms with Gasteiger partial charge in [0.2, 0.25) is 17.7 Å². The van der Waals surface area contributed by atoms with Gasteiger partial charge in [0.25, 0.3) is 0 Å². The Balaban J connectivity index is 2.99. The zero-order valence-corrected chi connectivity index (χ0v) is 16.9. The summed E-state index contributed by atoms with van der Waals surface area (Å²) in [7, 11) is 0. The van der Waals surface area contributed by atoms with Gasteiger partial charge >= 0.3 is 11.9 Å². The predicted molar refractivity (Wildman–Crippen MR) is 105 cm³/mol. The summed E-state index contributed by atoms with van der Waals surface area (Å²) >= 11 is 3.81. The molecule has 4 unspecified atom stereocenters. The SMILES string of the molecule is CC(N)C(=O)NC(Cc1cnc[nH]1)C(=O)NC(CC(=O)O)C(=O)NC(CS)C(=O)O. The average Bonchev–Trinajstić information content (AvgIpc) is 3.16. The first-order chi connectivity index (χ1) is 14.0. The maximum Gasteiger partial charge on any atom is 0.327 e. The lowest BCUT2D eigenvalue weighted by Crippen LogP contribution is -2.58. The maximum absolute atomic E-state index is 12.7. The number of imidazole rings is 1. The lowest BCUT2D eigenvalue weighted by molar-refractivity contribution is -0.143. The van der Waals surface area contributed by atoms with Gasteiger partial charge in [-0.1, -0.05) is 0 Å². The first kappa shape index (κ1) is 24.9. The molecule has 3 amide bonds. The second kappa shape index (κ2) is 11.8. The van der Waals surface area contributed by atoms with Crippen molar-refractivity contribution in [2.75, 3.05) is 5.75 Å². The molecule has 0 fully saturated rings. The molecule has 1 heterocycles. The fraction of sp³-hybridized carbons (Fsp3) is 0.500. The molecule has 14 heteroatoms. The molecule has 0 aromatic carbocycles. The van der Waals surface area contributed by atoms with Crippen molar-refractivity contribution in [3.63, 3.8) is 0 Å². The van der Waals surface area contributed by atoms with Gasteiger partial charge in [0.15, 0.2) is 0 Å². The van der Waals surface area contributed by atoms with Crippen LogP contribution in [0.25, 0.3) is 0 Å². The topological polar surface area (TPSA) is 217 Å². The Morgan fingerprint density at radius 3 is 2.10 bits per heavy atom. The molecule has 4 atom stereocenters. The van der Waals surface area contributed by atoms with Gasteiger partial charge in [0.05, 0.1) is 18.8 Å². The van der Waals surface area contributed by atoms with Crippen LogP contribution in [0.5, 0.6) is 0 Å². The number of carboxylic acid groups (broad SMARTS) is 2. The molecule has 166 valence electrons. The number of hydrogen-bond acceptors (Lipinski definition) is 8. The van der Waals surface area contributed by atoms with E-state index in [1.54, 1.807) is 0 Å². The fourth-order valence-corrected chi connectivity index (χ4v) is 2.49. The Labute approximate surface area is 176 Å². The number of amides is 3. The van der Waals surface area contributed by atoms with Gasteiger partial charge in [-0.15, -0.1) is 0 Å². The molecule has 0 aliphatic rings. The minimum atomic E-state index is -1.59. The van der Waals surface area contributed by atoms with Crippen LogP contribution in [-0.4, -0.2) is 79.8 Å². The standard InChI is InChI=1S/C16H24N6O7S/c1-7(17)13(25)20-9(2-8-4-18-6-19-8)14(26)21-10(3-12(23)24)15(27)22-11(5-30)16(28)29/h4,6-7,9-11,30H,2-3,5,17H2,1H3,(H,18,19)(H,20,25)(H,21,26)(H,22,27)(H,23,24)(H,28,29). The summed E-state index contributed by atoms with van der Waals surface area (Å²) in [6.45, 7) is 1.41. The lowest BCUT2D eigenvalue weighted by atomic mass is 10.1. The molecule has 0 aliphatic carbocycles. The van der Waals surface area contributed by atoms with E-state index in [-0.39, 0.29) is 12.2 Å². The smallest absolute Gasteiger partial charge is 0.327 e. The Hall–Kier alpha value is -3.13. The van der Waals surface area contributed by atoms with Crippen molar-refractivity contribution in [2.24, 2.45) is 5.73 Å². The van der Waals surface area contributed by atoms with Crippen LogP contribution in [0.1, 0.15) is 19.0 Å². The Morgan fingerprint density at radius 2 is 1.63 bits per heavy atom. The molecule has 13 nitrogen and oxygen atoms in total. The quantitative estimate of drug-likeness (QED) is 0.156. The molecule has 0 radical (unpaired) electrons. The second-order valence-corrected chi connectivity index (χ2v) is 6.74. The first-order valence-electron chi connectivity index (χ1n) is 8.74. The number of nitrogens with two attached hydrogens (primary N) is 1. The molecule has 0 saturated heterocycles. The van der Waals surface area contributed by atoms with Crippen molar-refractivity contribution in [3.05, 3.63) is 18.2 Å².